The van der Waals surface area contributed by atoms with Gasteiger partial charge >= 0.3 is 0 Å². The van der Waals surface area contributed by atoms with E-state index in [0.29, 0.717) is 12.1 Å². The van der Waals surface area contributed by atoms with Gasteiger partial charge in [-0.1, -0.05) is 43.3 Å². The van der Waals surface area contributed by atoms with Gasteiger partial charge in [-0.2, -0.15) is 0 Å². The Balaban J connectivity index is 1.73. The topological polar surface area (TPSA) is 63.2 Å². The summed E-state index contributed by atoms with van der Waals surface area (Å²) in [5, 5.41) is 6.34. The van der Waals surface area contributed by atoms with Crippen LogP contribution in [0.4, 0.5) is 11.4 Å². The molecule has 1 heterocycles. The Labute approximate surface area is 165 Å². The van der Waals surface area contributed by atoms with E-state index in [0.717, 1.165) is 34.7 Å². The van der Waals surface area contributed by atoms with E-state index in [1.165, 1.54) is 5.56 Å². The molecule has 0 aliphatic rings. The first-order chi connectivity index (χ1) is 13.6. The van der Waals surface area contributed by atoms with Crippen molar-refractivity contribution in [2.45, 2.75) is 26.8 Å². The molecule has 1 aromatic heterocycles. The maximum absolute atomic E-state index is 12.6. The summed E-state index contributed by atoms with van der Waals surface area (Å²) >= 11 is 0. The molecule has 0 saturated heterocycles. The molecule has 0 fully saturated rings. The zero-order chi connectivity index (χ0) is 19.9. The predicted octanol–water partition coefficient (Wildman–Crippen LogP) is 4.63. The van der Waals surface area contributed by atoms with Crippen LogP contribution < -0.4 is 15.4 Å². The summed E-state index contributed by atoms with van der Waals surface area (Å²) in [4.78, 5) is 16.8. The lowest BCUT2D eigenvalue weighted by Gasteiger charge is -2.14. The first-order valence-corrected chi connectivity index (χ1v) is 9.33. The Morgan fingerprint density at radius 3 is 2.64 bits per heavy atom. The number of aryl methyl sites for hydroxylation is 2. The van der Waals surface area contributed by atoms with Gasteiger partial charge in [-0.25, -0.2) is 0 Å². The maximum Gasteiger partial charge on any atom is 0.253 e. The number of ether oxygens (including phenoxy) is 1. The monoisotopic (exact) mass is 375 g/mol. The number of nitrogens with one attached hydrogen (secondary N) is 2. The van der Waals surface area contributed by atoms with E-state index in [9.17, 15) is 4.79 Å². The number of carbonyl (C=O) groups is 1. The molecule has 2 N–H and O–H groups in total. The normalized spacial score (nSPS) is 10.4. The molecule has 28 heavy (non-hydrogen) atoms. The Morgan fingerprint density at radius 1 is 1.07 bits per heavy atom. The molecule has 1 amide bonds. The van der Waals surface area contributed by atoms with Crippen LogP contribution in [0.25, 0.3) is 0 Å². The van der Waals surface area contributed by atoms with Crippen molar-refractivity contribution in [1.82, 2.24) is 10.3 Å². The Hall–Kier alpha value is -3.34. The van der Waals surface area contributed by atoms with E-state index in [1.807, 2.05) is 30.3 Å². The summed E-state index contributed by atoms with van der Waals surface area (Å²) in [6.45, 7) is 4.58. The third-order valence-corrected chi connectivity index (χ3v) is 4.64. The summed E-state index contributed by atoms with van der Waals surface area (Å²) in [6, 6.07) is 15.7. The summed E-state index contributed by atoms with van der Waals surface area (Å²) in [6.07, 6.45) is 4.22. The number of anilines is 2. The highest BCUT2D eigenvalue weighted by atomic mass is 16.5. The molecule has 144 valence electrons. The summed E-state index contributed by atoms with van der Waals surface area (Å²) in [5.41, 5.74) is 5.67. The minimum absolute atomic E-state index is 0.178. The van der Waals surface area contributed by atoms with Gasteiger partial charge in [0.25, 0.3) is 5.91 Å². The summed E-state index contributed by atoms with van der Waals surface area (Å²) in [5.74, 6) is 0.575. The van der Waals surface area contributed by atoms with E-state index in [2.05, 4.69) is 47.7 Å². The lowest BCUT2D eigenvalue weighted by molar-refractivity contribution is 0.0950. The van der Waals surface area contributed by atoms with Crippen LogP contribution in [0.3, 0.4) is 0 Å². The van der Waals surface area contributed by atoms with Gasteiger partial charge in [-0.3, -0.25) is 9.78 Å². The van der Waals surface area contributed by atoms with Crippen molar-refractivity contribution in [3.05, 3.63) is 83.2 Å². The summed E-state index contributed by atoms with van der Waals surface area (Å²) in [7, 11) is 1.62. The molecule has 2 aromatic carbocycles. The molecule has 0 aliphatic heterocycles. The smallest absolute Gasteiger partial charge is 0.253 e. The lowest BCUT2D eigenvalue weighted by atomic mass is 10.1. The number of aromatic nitrogens is 1. The van der Waals surface area contributed by atoms with Crippen molar-refractivity contribution in [2.24, 2.45) is 0 Å². The van der Waals surface area contributed by atoms with Crippen molar-refractivity contribution < 1.29 is 9.53 Å². The van der Waals surface area contributed by atoms with E-state index in [-0.39, 0.29) is 5.91 Å². The van der Waals surface area contributed by atoms with Crippen LogP contribution in [0.1, 0.15) is 34.0 Å². The van der Waals surface area contributed by atoms with Crippen LogP contribution in [-0.2, 0) is 13.0 Å². The molecule has 0 atom stereocenters. The first-order valence-electron chi connectivity index (χ1n) is 9.33. The van der Waals surface area contributed by atoms with Crippen LogP contribution in [0.15, 0.2) is 60.9 Å². The number of benzene rings is 2. The molecule has 3 rings (SSSR count). The highest BCUT2D eigenvalue weighted by Gasteiger charge is 2.10. The van der Waals surface area contributed by atoms with Crippen molar-refractivity contribution in [2.75, 3.05) is 12.4 Å². The van der Waals surface area contributed by atoms with Gasteiger partial charge in [0.05, 0.1) is 24.6 Å². The van der Waals surface area contributed by atoms with Gasteiger partial charge < -0.3 is 15.4 Å². The van der Waals surface area contributed by atoms with E-state index in [4.69, 9.17) is 4.74 Å². The Bertz CT molecular complexity index is 970. The number of carbonyl (C=O) groups excluding carboxylic acids is 1. The number of para-hydroxylation sites is 2. The average molecular weight is 375 g/mol. The number of hydrogen-bond donors (Lipinski definition) is 2. The second-order valence-corrected chi connectivity index (χ2v) is 6.54. The number of hydrogen-bond acceptors (Lipinski definition) is 4. The minimum Gasteiger partial charge on any atom is -0.496 e. The standard InChI is InChI=1S/C23H25N3O2/c1-4-17-10-7-8-16(2)22(17)26-20-12-19(13-24-15-20)23(27)25-14-18-9-5-6-11-21(18)28-3/h5-13,15,26H,4,14H2,1-3H3,(H,25,27). The number of nitrogens with zero attached hydrogens (tertiary/aromatic N) is 1. The molecule has 0 aliphatic carbocycles. The lowest BCUT2D eigenvalue weighted by Crippen LogP contribution is -2.23. The predicted molar refractivity (Wildman–Crippen MR) is 112 cm³/mol. The van der Waals surface area contributed by atoms with Crippen molar-refractivity contribution in [3.8, 4) is 5.75 Å². The summed E-state index contributed by atoms with van der Waals surface area (Å²) < 4.78 is 5.33. The molecular formula is C23H25N3O2. The van der Waals surface area contributed by atoms with Gasteiger partial charge in [-0.05, 0) is 36.6 Å². The van der Waals surface area contributed by atoms with Crippen LogP contribution in [-0.4, -0.2) is 18.0 Å². The molecule has 3 aromatic rings. The maximum atomic E-state index is 12.6. The van der Waals surface area contributed by atoms with Gasteiger partial charge in [0.2, 0.25) is 0 Å². The molecule has 0 bridgehead atoms. The fourth-order valence-corrected chi connectivity index (χ4v) is 3.11. The Morgan fingerprint density at radius 2 is 1.86 bits per heavy atom. The zero-order valence-corrected chi connectivity index (χ0v) is 16.5. The first kappa shape index (κ1) is 19.4. The van der Waals surface area contributed by atoms with Crippen molar-refractivity contribution >= 4 is 17.3 Å². The largest absolute Gasteiger partial charge is 0.496 e. The molecule has 0 spiro atoms. The van der Waals surface area contributed by atoms with E-state index >= 15 is 0 Å². The number of rotatable bonds is 7. The van der Waals surface area contributed by atoms with Crippen molar-refractivity contribution in [3.63, 3.8) is 0 Å². The molecular weight excluding hydrogens is 350 g/mol. The molecule has 0 unspecified atom stereocenters. The van der Waals surface area contributed by atoms with Gasteiger partial charge in [-0.15, -0.1) is 0 Å². The minimum atomic E-state index is -0.178. The van der Waals surface area contributed by atoms with Crippen LogP contribution >= 0.6 is 0 Å². The molecule has 0 radical (unpaired) electrons. The number of amides is 1. The molecule has 5 heteroatoms. The number of methoxy groups -OCH3 is 1. The van der Waals surface area contributed by atoms with Crippen LogP contribution in [0.5, 0.6) is 5.75 Å². The van der Waals surface area contributed by atoms with Gasteiger partial charge in [0.15, 0.2) is 0 Å². The second-order valence-electron chi connectivity index (χ2n) is 6.54. The third-order valence-electron chi connectivity index (χ3n) is 4.64. The SMILES string of the molecule is CCc1cccc(C)c1Nc1cncc(C(=O)NCc2ccccc2OC)c1. The highest BCUT2D eigenvalue weighted by Crippen LogP contribution is 2.25. The zero-order valence-electron chi connectivity index (χ0n) is 16.5. The Kier molecular flexibility index (Phi) is 6.27. The average Bonchev–Trinajstić information content (AvgIpc) is 2.73. The van der Waals surface area contributed by atoms with Gasteiger partial charge in [0.1, 0.15) is 5.75 Å². The van der Waals surface area contributed by atoms with Crippen molar-refractivity contribution in [1.29, 1.82) is 0 Å². The van der Waals surface area contributed by atoms with E-state index < -0.39 is 0 Å². The molecule has 5 nitrogen and oxygen atoms in total. The fourth-order valence-electron chi connectivity index (χ4n) is 3.11. The van der Waals surface area contributed by atoms with Crippen LogP contribution in [0.2, 0.25) is 0 Å². The van der Waals surface area contributed by atoms with E-state index in [1.54, 1.807) is 19.5 Å². The second kappa shape index (κ2) is 9.04. The highest BCUT2D eigenvalue weighted by molar-refractivity contribution is 5.94. The fraction of sp³-hybridized carbons (Fsp3) is 0.217. The van der Waals surface area contributed by atoms with Crippen LogP contribution in [0, 0.1) is 6.92 Å². The quantitative estimate of drug-likeness (QED) is 0.632. The third kappa shape index (κ3) is 4.49. The molecule has 0 saturated carbocycles. The van der Waals surface area contributed by atoms with Gasteiger partial charge in [0, 0.05) is 24.0 Å². The number of pyridine rings is 1.